The highest BCUT2D eigenvalue weighted by Gasteiger charge is 2.50. The van der Waals surface area contributed by atoms with Crippen LogP contribution in [0.3, 0.4) is 0 Å². The van der Waals surface area contributed by atoms with Crippen LogP contribution in [0.25, 0.3) is 0 Å². The standard InChI is InChI=1S/C28H53NO12/c1-2-3-4-5-6-7-8-9-10-11-12-13-20(32)29-14-15-38-27-25(37)23(35)26(19(17-31)40-27)41-28-24(36)22(34)21(33)18(16-30)39-28/h18-19,21-28,30-31,33-37H,2-17H2,1H3,(H,29,32)/t18-,19-,21-,22+,23-,24-,25-,26-,27-,28-/m1/s1. The van der Waals surface area contributed by atoms with Crippen molar-refractivity contribution in [2.45, 2.75) is 145 Å². The van der Waals surface area contributed by atoms with Crippen LogP contribution < -0.4 is 5.32 Å². The van der Waals surface area contributed by atoms with Crippen molar-refractivity contribution < 1.29 is 59.5 Å². The Labute approximate surface area is 242 Å². The van der Waals surface area contributed by atoms with Crippen LogP contribution in [-0.4, -0.2) is 129 Å². The van der Waals surface area contributed by atoms with Gasteiger partial charge in [0.1, 0.15) is 48.8 Å². The summed E-state index contributed by atoms with van der Waals surface area (Å²) in [5.41, 5.74) is 0. The van der Waals surface area contributed by atoms with Gasteiger partial charge in [-0.25, -0.2) is 0 Å². The number of carbonyl (C=O) groups excluding carboxylic acids is 1. The molecule has 0 spiro atoms. The van der Waals surface area contributed by atoms with Gasteiger partial charge in [-0.05, 0) is 6.42 Å². The zero-order valence-corrected chi connectivity index (χ0v) is 24.3. The smallest absolute Gasteiger partial charge is 0.220 e. The molecule has 13 nitrogen and oxygen atoms in total. The number of carbonyl (C=O) groups is 1. The van der Waals surface area contributed by atoms with Crippen LogP contribution >= 0.6 is 0 Å². The minimum Gasteiger partial charge on any atom is -0.394 e. The lowest BCUT2D eigenvalue weighted by molar-refractivity contribution is -0.359. The number of ether oxygens (including phenoxy) is 4. The van der Waals surface area contributed by atoms with E-state index >= 15 is 0 Å². The third-order valence-electron chi connectivity index (χ3n) is 7.67. The molecule has 0 unspecified atom stereocenters. The van der Waals surface area contributed by atoms with Crippen LogP contribution in [0.5, 0.6) is 0 Å². The first-order chi connectivity index (χ1) is 19.7. The Morgan fingerprint density at radius 3 is 1.80 bits per heavy atom. The number of hydrogen-bond acceptors (Lipinski definition) is 12. The lowest BCUT2D eigenvalue weighted by Crippen LogP contribution is -2.64. The van der Waals surface area contributed by atoms with Crippen LogP contribution in [0.2, 0.25) is 0 Å². The molecular weight excluding hydrogens is 542 g/mol. The quantitative estimate of drug-likeness (QED) is 0.0834. The fraction of sp³-hybridized carbons (Fsp3) is 0.964. The first kappa shape index (κ1) is 36.2. The maximum absolute atomic E-state index is 12.1. The van der Waals surface area contributed by atoms with E-state index in [-0.39, 0.29) is 19.1 Å². The van der Waals surface area contributed by atoms with Gasteiger partial charge in [-0.3, -0.25) is 4.79 Å². The van der Waals surface area contributed by atoms with E-state index in [0.717, 1.165) is 19.3 Å². The summed E-state index contributed by atoms with van der Waals surface area (Å²) in [6, 6.07) is 0. The highest BCUT2D eigenvalue weighted by atomic mass is 16.7. The lowest BCUT2D eigenvalue weighted by Gasteiger charge is -2.45. The first-order valence-electron chi connectivity index (χ1n) is 15.2. The molecule has 1 amide bonds. The van der Waals surface area contributed by atoms with E-state index in [1.54, 1.807) is 0 Å². The van der Waals surface area contributed by atoms with Crippen molar-refractivity contribution in [3.63, 3.8) is 0 Å². The zero-order chi connectivity index (χ0) is 30.2. The molecule has 0 saturated carbocycles. The summed E-state index contributed by atoms with van der Waals surface area (Å²) in [5.74, 6) is -0.101. The van der Waals surface area contributed by atoms with Crippen LogP contribution in [0, 0.1) is 0 Å². The monoisotopic (exact) mass is 595 g/mol. The van der Waals surface area contributed by atoms with E-state index in [9.17, 15) is 40.5 Å². The number of nitrogens with one attached hydrogen (secondary N) is 1. The normalized spacial score (nSPS) is 34.0. The lowest BCUT2D eigenvalue weighted by atomic mass is 9.97. The minimum absolute atomic E-state index is 0.0190. The van der Waals surface area contributed by atoms with Crippen LogP contribution in [0.1, 0.15) is 84.0 Å². The average molecular weight is 596 g/mol. The molecule has 2 saturated heterocycles. The van der Waals surface area contributed by atoms with Gasteiger partial charge in [0.25, 0.3) is 0 Å². The number of aliphatic hydroxyl groups excluding tert-OH is 7. The topological polar surface area (TPSA) is 208 Å². The van der Waals surface area contributed by atoms with Crippen LogP contribution in [0.15, 0.2) is 0 Å². The van der Waals surface area contributed by atoms with Gasteiger partial charge >= 0.3 is 0 Å². The number of hydrogen-bond donors (Lipinski definition) is 8. The van der Waals surface area contributed by atoms with Crippen molar-refractivity contribution >= 4 is 5.91 Å². The Hall–Kier alpha value is -0.970. The predicted octanol–water partition coefficient (Wildman–Crippen LogP) is -0.556. The number of rotatable bonds is 20. The summed E-state index contributed by atoms with van der Waals surface area (Å²) < 4.78 is 21.8. The van der Waals surface area contributed by atoms with E-state index in [1.165, 1.54) is 51.4 Å². The number of aliphatic hydroxyl groups is 7. The summed E-state index contributed by atoms with van der Waals surface area (Å²) >= 11 is 0. The summed E-state index contributed by atoms with van der Waals surface area (Å²) in [6.07, 6.45) is -1.42. The molecule has 242 valence electrons. The average Bonchev–Trinajstić information content (AvgIpc) is 2.97. The molecule has 8 N–H and O–H groups in total. The van der Waals surface area contributed by atoms with Gasteiger partial charge in [0, 0.05) is 13.0 Å². The van der Waals surface area contributed by atoms with Crippen LogP contribution in [0.4, 0.5) is 0 Å². The highest BCUT2D eigenvalue weighted by Crippen LogP contribution is 2.29. The van der Waals surface area contributed by atoms with E-state index in [4.69, 9.17) is 18.9 Å². The Balaban J connectivity index is 1.63. The van der Waals surface area contributed by atoms with E-state index in [0.29, 0.717) is 6.42 Å². The van der Waals surface area contributed by atoms with Gasteiger partial charge in [0.15, 0.2) is 12.6 Å². The Morgan fingerprint density at radius 1 is 0.683 bits per heavy atom. The van der Waals surface area contributed by atoms with Crippen LogP contribution in [-0.2, 0) is 23.7 Å². The molecule has 2 fully saturated rings. The molecule has 0 aliphatic carbocycles. The second-order valence-corrected chi connectivity index (χ2v) is 11.0. The van der Waals surface area contributed by atoms with E-state index in [1.807, 2.05) is 0 Å². The number of amides is 1. The second kappa shape index (κ2) is 20.1. The summed E-state index contributed by atoms with van der Waals surface area (Å²) in [5, 5.41) is 73.1. The third kappa shape index (κ3) is 11.9. The van der Waals surface area contributed by atoms with Gasteiger partial charge in [-0.1, -0.05) is 71.1 Å². The SMILES string of the molecule is CCCCCCCCCCCCCC(=O)NCCO[C@@H]1O[C@H](CO)[C@@H](O[C@H]2O[C@H](CO)[C@@H](O)[C@H](O)[C@H]2O)[C@H](O)[C@H]1O. The predicted molar refractivity (Wildman–Crippen MR) is 146 cm³/mol. The summed E-state index contributed by atoms with van der Waals surface area (Å²) in [4.78, 5) is 12.1. The molecule has 2 rings (SSSR count). The van der Waals surface area contributed by atoms with Crippen molar-refractivity contribution in [3.8, 4) is 0 Å². The number of unbranched alkanes of at least 4 members (excludes halogenated alkanes) is 10. The highest BCUT2D eigenvalue weighted by molar-refractivity contribution is 5.75. The first-order valence-corrected chi connectivity index (χ1v) is 15.2. The summed E-state index contributed by atoms with van der Waals surface area (Å²) in [7, 11) is 0. The maximum Gasteiger partial charge on any atom is 0.220 e. The van der Waals surface area contributed by atoms with E-state index in [2.05, 4.69) is 12.2 Å². The van der Waals surface area contributed by atoms with Gasteiger partial charge in [-0.15, -0.1) is 0 Å². The summed E-state index contributed by atoms with van der Waals surface area (Å²) in [6.45, 7) is 1.04. The Bertz CT molecular complexity index is 699. The molecule has 2 heterocycles. The van der Waals surface area contributed by atoms with Crippen molar-refractivity contribution in [1.82, 2.24) is 5.32 Å². The fourth-order valence-electron chi connectivity index (χ4n) is 5.10. The minimum atomic E-state index is -1.74. The molecule has 0 aromatic carbocycles. The Morgan fingerprint density at radius 2 is 1.22 bits per heavy atom. The van der Waals surface area contributed by atoms with Gasteiger partial charge < -0.3 is 60.0 Å². The van der Waals surface area contributed by atoms with Gasteiger partial charge in [0.05, 0.1) is 19.8 Å². The van der Waals surface area contributed by atoms with Crippen molar-refractivity contribution in [2.24, 2.45) is 0 Å². The third-order valence-corrected chi connectivity index (χ3v) is 7.67. The van der Waals surface area contributed by atoms with Crippen molar-refractivity contribution in [2.75, 3.05) is 26.4 Å². The zero-order valence-electron chi connectivity index (χ0n) is 24.3. The molecule has 13 heteroatoms. The Kier molecular flexibility index (Phi) is 17.7. The van der Waals surface area contributed by atoms with Crippen molar-refractivity contribution in [3.05, 3.63) is 0 Å². The second-order valence-electron chi connectivity index (χ2n) is 11.0. The molecule has 10 atom stereocenters. The fourth-order valence-corrected chi connectivity index (χ4v) is 5.10. The molecule has 41 heavy (non-hydrogen) atoms. The maximum atomic E-state index is 12.1. The molecule has 0 bridgehead atoms. The molecular formula is C28H53NO12. The molecule has 2 aliphatic rings. The van der Waals surface area contributed by atoms with Gasteiger partial charge in [0.2, 0.25) is 5.91 Å². The van der Waals surface area contributed by atoms with Gasteiger partial charge in [-0.2, -0.15) is 0 Å². The molecule has 0 aromatic rings. The molecule has 0 radical (unpaired) electrons. The molecule has 0 aromatic heterocycles. The van der Waals surface area contributed by atoms with Crippen molar-refractivity contribution in [1.29, 1.82) is 0 Å². The van der Waals surface area contributed by atoms with E-state index < -0.39 is 74.6 Å². The molecule has 2 aliphatic heterocycles. The largest absolute Gasteiger partial charge is 0.394 e.